The number of nitrogens with zero attached hydrogens (tertiary/aromatic N) is 2. The van der Waals surface area contributed by atoms with Crippen molar-refractivity contribution in [3.05, 3.63) is 75.5 Å². The van der Waals surface area contributed by atoms with Crippen molar-refractivity contribution in [1.82, 2.24) is 14.9 Å². The first-order valence-electron chi connectivity index (χ1n) is 9.36. The normalized spacial score (nSPS) is 10.9. The number of aromatic nitrogens is 2. The quantitative estimate of drug-likeness (QED) is 0.371. The molecule has 1 N–H and O–H groups in total. The summed E-state index contributed by atoms with van der Waals surface area (Å²) < 4.78 is 4.13. The van der Waals surface area contributed by atoms with E-state index < -0.39 is 0 Å². The molecule has 3 rings (SSSR count). The summed E-state index contributed by atoms with van der Waals surface area (Å²) in [7, 11) is 0. The highest BCUT2D eigenvalue weighted by Crippen LogP contribution is 2.20. The third-order valence-electron chi connectivity index (χ3n) is 4.53. The molecule has 0 bridgehead atoms. The van der Waals surface area contributed by atoms with E-state index >= 15 is 0 Å². The maximum absolute atomic E-state index is 12.1. The van der Waals surface area contributed by atoms with Crippen LogP contribution in [0, 0.1) is 0 Å². The van der Waals surface area contributed by atoms with Crippen molar-refractivity contribution in [2.24, 2.45) is 0 Å². The third-order valence-corrected chi connectivity index (χ3v) is 5.31. The first kappa shape index (κ1) is 20.8. The Morgan fingerprint density at radius 3 is 2.57 bits per heavy atom. The van der Waals surface area contributed by atoms with E-state index in [1.807, 2.05) is 42.5 Å². The lowest BCUT2D eigenvalue weighted by molar-refractivity contribution is 0.0953. The lowest BCUT2D eigenvalue weighted by Gasteiger charge is -2.09. The second-order valence-electron chi connectivity index (χ2n) is 6.69. The number of benzene rings is 2. The lowest BCUT2D eigenvalue weighted by atomic mass is 10.1. The number of aryl methyl sites for hydroxylation is 1. The number of hydrogen-bond donors (Lipinski definition) is 1. The lowest BCUT2D eigenvalue weighted by Crippen LogP contribution is -2.24. The van der Waals surface area contributed by atoms with E-state index in [-0.39, 0.29) is 5.91 Å². The minimum Gasteiger partial charge on any atom is -0.352 e. The molecule has 1 aromatic heterocycles. The van der Waals surface area contributed by atoms with E-state index in [0.717, 1.165) is 58.0 Å². The van der Waals surface area contributed by atoms with E-state index in [1.165, 1.54) is 0 Å². The van der Waals surface area contributed by atoms with E-state index in [0.29, 0.717) is 12.1 Å². The fourth-order valence-corrected chi connectivity index (χ4v) is 3.67. The maximum Gasteiger partial charge on any atom is 0.251 e. The minimum atomic E-state index is -0.0230. The van der Waals surface area contributed by atoms with Gasteiger partial charge in [-0.15, -0.1) is 0 Å². The summed E-state index contributed by atoms with van der Waals surface area (Å²) in [6.07, 6.45) is 3.94. The molecule has 0 aliphatic rings. The molecule has 4 nitrogen and oxygen atoms in total. The van der Waals surface area contributed by atoms with Crippen LogP contribution < -0.4 is 5.32 Å². The summed E-state index contributed by atoms with van der Waals surface area (Å²) in [4.78, 5) is 16.9. The van der Waals surface area contributed by atoms with Gasteiger partial charge in [-0.1, -0.05) is 57.0 Å². The topological polar surface area (TPSA) is 46.9 Å². The summed E-state index contributed by atoms with van der Waals surface area (Å²) in [5.74, 6) is 1.06. The molecule has 0 fully saturated rings. The molecule has 28 heavy (non-hydrogen) atoms. The molecule has 6 heteroatoms. The number of nitrogens with one attached hydrogen (secondary N) is 1. The van der Waals surface area contributed by atoms with Gasteiger partial charge in [0.2, 0.25) is 0 Å². The Balaban J connectivity index is 1.47. The smallest absolute Gasteiger partial charge is 0.251 e. The molecular weight excluding hydrogens is 482 g/mol. The zero-order valence-corrected chi connectivity index (χ0v) is 18.8. The second-order valence-corrected chi connectivity index (χ2v) is 8.73. The van der Waals surface area contributed by atoms with Gasteiger partial charge in [0.1, 0.15) is 5.82 Å². The molecule has 0 aliphatic heterocycles. The van der Waals surface area contributed by atoms with E-state index in [1.54, 1.807) is 0 Å². The van der Waals surface area contributed by atoms with Gasteiger partial charge >= 0.3 is 0 Å². The number of halogens is 2. The highest BCUT2D eigenvalue weighted by molar-refractivity contribution is 9.11. The van der Waals surface area contributed by atoms with Crippen molar-refractivity contribution >= 4 is 48.8 Å². The van der Waals surface area contributed by atoms with Gasteiger partial charge < -0.3 is 9.88 Å². The Morgan fingerprint density at radius 1 is 1.07 bits per heavy atom. The molecule has 0 saturated heterocycles. The highest BCUT2D eigenvalue weighted by atomic mass is 79.9. The number of fused-ring (bicyclic) bond motifs is 1. The number of carbonyl (C=O) groups excluding carboxylic acids is 1. The monoisotopic (exact) mass is 503 g/mol. The largest absolute Gasteiger partial charge is 0.352 e. The number of hydrogen-bond acceptors (Lipinski definition) is 2. The van der Waals surface area contributed by atoms with Gasteiger partial charge in [0.05, 0.1) is 17.6 Å². The van der Waals surface area contributed by atoms with Crippen LogP contribution in [0.4, 0.5) is 0 Å². The van der Waals surface area contributed by atoms with Crippen molar-refractivity contribution in [2.75, 3.05) is 6.54 Å². The SMILES string of the molecule is C=C(Br)Cn1c(CCCCCNC(=O)c2ccc(Br)cc2)nc2ccccc21. The van der Waals surface area contributed by atoms with Crippen LogP contribution in [0.15, 0.2) is 64.1 Å². The molecule has 2 aromatic carbocycles. The molecule has 0 unspecified atom stereocenters. The van der Waals surface area contributed by atoms with E-state index in [9.17, 15) is 4.79 Å². The van der Waals surface area contributed by atoms with Crippen LogP contribution in [0.25, 0.3) is 11.0 Å². The van der Waals surface area contributed by atoms with Crippen LogP contribution in [0.1, 0.15) is 35.4 Å². The number of para-hydroxylation sites is 2. The fraction of sp³-hybridized carbons (Fsp3) is 0.273. The van der Waals surface area contributed by atoms with Gasteiger partial charge in [-0.05, 0) is 49.2 Å². The van der Waals surface area contributed by atoms with Crippen LogP contribution in [-0.4, -0.2) is 22.0 Å². The molecule has 3 aromatic rings. The molecule has 0 saturated carbocycles. The van der Waals surface area contributed by atoms with Crippen LogP contribution in [0.3, 0.4) is 0 Å². The summed E-state index contributed by atoms with van der Waals surface area (Å²) in [6.45, 7) is 5.38. The average Bonchev–Trinajstić information content (AvgIpc) is 3.02. The fourth-order valence-electron chi connectivity index (χ4n) is 3.15. The Morgan fingerprint density at radius 2 is 1.82 bits per heavy atom. The molecule has 1 heterocycles. The Labute approximate surface area is 182 Å². The minimum absolute atomic E-state index is 0.0230. The number of carbonyl (C=O) groups is 1. The molecule has 0 spiro atoms. The van der Waals surface area contributed by atoms with Crippen molar-refractivity contribution in [2.45, 2.75) is 32.2 Å². The first-order chi connectivity index (χ1) is 13.5. The zero-order chi connectivity index (χ0) is 19.9. The molecule has 0 atom stereocenters. The van der Waals surface area contributed by atoms with E-state index in [2.05, 4.69) is 54.4 Å². The zero-order valence-electron chi connectivity index (χ0n) is 15.6. The number of unbranched alkanes of at least 4 members (excludes halogenated alkanes) is 2. The standard InChI is InChI=1S/C22H23Br2N3O/c1-16(23)15-27-20-8-5-4-7-19(20)26-21(27)9-3-2-6-14-25-22(28)17-10-12-18(24)13-11-17/h4-5,7-8,10-13H,1-3,6,9,14-15H2,(H,25,28). The van der Waals surface area contributed by atoms with Crippen molar-refractivity contribution in [1.29, 1.82) is 0 Å². The first-order valence-corrected chi connectivity index (χ1v) is 10.9. The van der Waals surface area contributed by atoms with Gasteiger partial charge in [0.15, 0.2) is 0 Å². The summed E-state index contributed by atoms with van der Waals surface area (Å²) in [5, 5.41) is 2.98. The van der Waals surface area contributed by atoms with Gasteiger partial charge in [0, 0.05) is 27.5 Å². The van der Waals surface area contributed by atoms with Gasteiger partial charge in [-0.2, -0.15) is 0 Å². The third kappa shape index (κ3) is 5.55. The summed E-state index contributed by atoms with van der Waals surface area (Å²) in [5.41, 5.74) is 2.85. The number of imidazole rings is 1. The molecule has 0 aliphatic carbocycles. The Bertz CT molecular complexity index is 964. The predicted octanol–water partition coefficient (Wildman–Crippen LogP) is 5.85. The number of rotatable bonds is 9. The number of amides is 1. The van der Waals surface area contributed by atoms with Crippen molar-refractivity contribution < 1.29 is 4.79 Å². The van der Waals surface area contributed by atoms with Crippen molar-refractivity contribution in [3.8, 4) is 0 Å². The number of allylic oxidation sites excluding steroid dienone is 1. The molecule has 146 valence electrons. The Kier molecular flexibility index (Phi) is 7.45. The van der Waals surface area contributed by atoms with E-state index in [4.69, 9.17) is 4.98 Å². The van der Waals surface area contributed by atoms with Crippen LogP contribution in [0.2, 0.25) is 0 Å². The predicted molar refractivity (Wildman–Crippen MR) is 122 cm³/mol. The average molecular weight is 505 g/mol. The molecule has 0 radical (unpaired) electrons. The van der Waals surface area contributed by atoms with Crippen LogP contribution >= 0.6 is 31.9 Å². The van der Waals surface area contributed by atoms with Crippen LogP contribution in [-0.2, 0) is 13.0 Å². The van der Waals surface area contributed by atoms with Gasteiger partial charge in [-0.25, -0.2) is 4.98 Å². The van der Waals surface area contributed by atoms with Gasteiger partial charge in [0.25, 0.3) is 5.91 Å². The Hall–Kier alpha value is -1.92. The second kappa shape index (κ2) is 10.0. The van der Waals surface area contributed by atoms with Crippen molar-refractivity contribution in [3.63, 3.8) is 0 Å². The highest BCUT2D eigenvalue weighted by Gasteiger charge is 2.10. The van der Waals surface area contributed by atoms with Gasteiger partial charge in [-0.3, -0.25) is 4.79 Å². The van der Waals surface area contributed by atoms with Crippen LogP contribution in [0.5, 0.6) is 0 Å². The molecule has 1 amide bonds. The summed E-state index contributed by atoms with van der Waals surface area (Å²) in [6, 6.07) is 15.6. The molecular formula is C22H23Br2N3O. The summed E-state index contributed by atoms with van der Waals surface area (Å²) >= 11 is 6.85. The maximum atomic E-state index is 12.1.